The van der Waals surface area contributed by atoms with E-state index < -0.39 is 40.1 Å². The number of amides is 2. The summed E-state index contributed by atoms with van der Waals surface area (Å²) in [6.45, 7) is 5.56. The molecule has 1 fully saturated rings. The second kappa shape index (κ2) is 8.94. The van der Waals surface area contributed by atoms with E-state index >= 15 is 0 Å². The Labute approximate surface area is 197 Å². The minimum absolute atomic E-state index is 0.0203. The SMILES string of the molecule is C[C@@H]1C[C@H](C)CN(c2nc3c(c(=O)[nH]2)[C@@H](C(=O)Nc2ccc(Cl)c(C(F)(F)F)c2)CC(=O)N3)C1. The summed E-state index contributed by atoms with van der Waals surface area (Å²) >= 11 is 5.63. The van der Waals surface area contributed by atoms with Crippen LogP contribution in [0.5, 0.6) is 0 Å². The van der Waals surface area contributed by atoms with Gasteiger partial charge in [-0.3, -0.25) is 19.4 Å². The van der Waals surface area contributed by atoms with Crippen molar-refractivity contribution in [2.24, 2.45) is 11.8 Å². The van der Waals surface area contributed by atoms with Crippen LogP contribution in [0.15, 0.2) is 23.0 Å². The molecule has 8 nitrogen and oxygen atoms in total. The Balaban J connectivity index is 1.64. The van der Waals surface area contributed by atoms with Gasteiger partial charge in [-0.15, -0.1) is 0 Å². The molecule has 3 N–H and O–H groups in total. The van der Waals surface area contributed by atoms with E-state index in [2.05, 4.69) is 34.4 Å². The lowest BCUT2D eigenvalue weighted by atomic mass is 9.91. The van der Waals surface area contributed by atoms with Crippen molar-refractivity contribution >= 4 is 40.9 Å². The van der Waals surface area contributed by atoms with Gasteiger partial charge >= 0.3 is 6.18 Å². The first-order valence-electron chi connectivity index (χ1n) is 10.8. The van der Waals surface area contributed by atoms with Crippen molar-refractivity contribution in [1.82, 2.24) is 9.97 Å². The van der Waals surface area contributed by atoms with Crippen LogP contribution in [-0.4, -0.2) is 34.9 Å². The lowest BCUT2D eigenvalue weighted by Crippen LogP contribution is -2.42. The molecule has 0 radical (unpaired) electrons. The van der Waals surface area contributed by atoms with E-state index in [4.69, 9.17) is 11.6 Å². The minimum Gasteiger partial charge on any atom is -0.342 e. The third-order valence-corrected chi connectivity index (χ3v) is 6.29. The van der Waals surface area contributed by atoms with Crippen molar-refractivity contribution in [3.05, 3.63) is 44.7 Å². The Kier molecular flexibility index (Phi) is 6.32. The number of piperidine rings is 1. The lowest BCUT2D eigenvalue weighted by molar-refractivity contribution is -0.137. The Morgan fingerprint density at radius 1 is 1.21 bits per heavy atom. The zero-order valence-corrected chi connectivity index (χ0v) is 19.2. The number of anilines is 3. The number of rotatable bonds is 3. The molecule has 2 aliphatic heterocycles. The van der Waals surface area contributed by atoms with Crippen LogP contribution in [0.3, 0.4) is 0 Å². The lowest BCUT2D eigenvalue weighted by Gasteiger charge is -2.35. The van der Waals surface area contributed by atoms with Crippen LogP contribution >= 0.6 is 11.6 Å². The molecule has 1 aromatic heterocycles. The molecule has 34 heavy (non-hydrogen) atoms. The third kappa shape index (κ3) is 4.89. The summed E-state index contributed by atoms with van der Waals surface area (Å²) in [6.07, 6.45) is -4.01. The smallest absolute Gasteiger partial charge is 0.342 e. The number of benzene rings is 1. The fourth-order valence-electron chi connectivity index (χ4n) is 4.62. The molecule has 182 valence electrons. The van der Waals surface area contributed by atoms with Gasteiger partial charge in [-0.1, -0.05) is 25.4 Å². The Morgan fingerprint density at radius 2 is 1.88 bits per heavy atom. The molecule has 12 heteroatoms. The zero-order valence-electron chi connectivity index (χ0n) is 18.4. The number of nitrogens with zero attached hydrogens (tertiary/aromatic N) is 2. The standard InChI is InChI=1S/C22H23ClF3N5O3/c1-10-5-11(2)9-31(8-10)21-29-18-17(20(34)30-21)13(7-16(32)28-18)19(33)27-12-3-4-15(23)14(6-12)22(24,25)26/h3-4,6,10-11,13H,5,7-9H2,1-2H3,(H,27,33)(H2,28,29,30,32,34)/t10-,11+,13-/m0/s1. The summed E-state index contributed by atoms with van der Waals surface area (Å²) in [7, 11) is 0. The normalized spacial score (nSPS) is 22.7. The highest BCUT2D eigenvalue weighted by Gasteiger charge is 2.37. The van der Waals surface area contributed by atoms with Crippen molar-refractivity contribution in [1.29, 1.82) is 0 Å². The molecule has 4 rings (SSSR count). The van der Waals surface area contributed by atoms with E-state index in [0.29, 0.717) is 36.9 Å². The Morgan fingerprint density at radius 3 is 2.53 bits per heavy atom. The van der Waals surface area contributed by atoms with Crippen LogP contribution in [0.1, 0.15) is 43.7 Å². The molecular weight excluding hydrogens is 475 g/mol. The Bertz CT molecular complexity index is 1190. The average Bonchev–Trinajstić information content (AvgIpc) is 2.72. The van der Waals surface area contributed by atoms with Crippen LogP contribution in [0, 0.1) is 11.8 Å². The van der Waals surface area contributed by atoms with Gasteiger partial charge in [0.25, 0.3) is 5.56 Å². The number of H-pyrrole nitrogens is 1. The molecule has 0 aliphatic carbocycles. The predicted octanol–water partition coefficient (Wildman–Crippen LogP) is 3.99. The molecule has 1 saturated heterocycles. The summed E-state index contributed by atoms with van der Waals surface area (Å²) < 4.78 is 39.5. The third-order valence-electron chi connectivity index (χ3n) is 5.96. The average molecular weight is 498 g/mol. The predicted molar refractivity (Wildman–Crippen MR) is 121 cm³/mol. The van der Waals surface area contributed by atoms with Crippen molar-refractivity contribution in [3.63, 3.8) is 0 Å². The number of hydrogen-bond donors (Lipinski definition) is 3. The maximum atomic E-state index is 13.2. The number of alkyl halides is 3. The molecule has 2 aromatic rings. The van der Waals surface area contributed by atoms with Gasteiger partial charge in [0.05, 0.1) is 22.1 Å². The molecule has 0 saturated carbocycles. The summed E-state index contributed by atoms with van der Waals surface area (Å²) in [6, 6.07) is 2.93. The fourth-order valence-corrected chi connectivity index (χ4v) is 4.84. The molecule has 3 atom stereocenters. The Hall–Kier alpha value is -3.08. The first-order chi connectivity index (χ1) is 15.9. The van der Waals surface area contributed by atoms with Gasteiger partial charge in [0.2, 0.25) is 17.8 Å². The highest BCUT2D eigenvalue weighted by atomic mass is 35.5. The number of aromatic nitrogens is 2. The molecule has 3 heterocycles. The van der Waals surface area contributed by atoms with Crippen LogP contribution in [0.2, 0.25) is 5.02 Å². The van der Waals surface area contributed by atoms with E-state index in [-0.39, 0.29) is 23.5 Å². The van der Waals surface area contributed by atoms with E-state index in [1.165, 1.54) is 6.07 Å². The second-order valence-electron chi connectivity index (χ2n) is 8.99. The molecule has 0 spiro atoms. The number of carbonyl (C=O) groups excluding carboxylic acids is 2. The molecule has 1 aromatic carbocycles. The van der Waals surface area contributed by atoms with E-state index in [0.717, 1.165) is 12.5 Å². The van der Waals surface area contributed by atoms with Crippen LogP contribution in [0.4, 0.5) is 30.6 Å². The maximum Gasteiger partial charge on any atom is 0.417 e. The first kappa shape index (κ1) is 24.1. The van der Waals surface area contributed by atoms with E-state index in [1.807, 2.05) is 4.90 Å². The topological polar surface area (TPSA) is 107 Å². The summed E-state index contributed by atoms with van der Waals surface area (Å²) in [5.41, 5.74) is -1.89. The van der Waals surface area contributed by atoms with Gasteiger partial charge in [-0.25, -0.2) is 0 Å². The maximum absolute atomic E-state index is 13.2. The highest BCUT2D eigenvalue weighted by molar-refractivity contribution is 6.31. The van der Waals surface area contributed by atoms with Crippen LogP contribution < -0.4 is 21.1 Å². The largest absolute Gasteiger partial charge is 0.417 e. The number of carbonyl (C=O) groups is 2. The van der Waals surface area contributed by atoms with Gasteiger partial charge < -0.3 is 15.5 Å². The number of nitrogens with one attached hydrogen (secondary N) is 3. The summed E-state index contributed by atoms with van der Waals surface area (Å²) in [5.74, 6) is -1.49. The quantitative estimate of drug-likeness (QED) is 0.594. The molecule has 2 amide bonds. The van der Waals surface area contributed by atoms with Crippen molar-refractivity contribution < 1.29 is 22.8 Å². The fraction of sp³-hybridized carbons (Fsp3) is 0.455. The summed E-state index contributed by atoms with van der Waals surface area (Å²) in [5, 5.41) is 4.39. The van der Waals surface area contributed by atoms with Gasteiger partial charge in [-0.05, 0) is 36.5 Å². The van der Waals surface area contributed by atoms with Gasteiger partial charge in [-0.2, -0.15) is 18.2 Å². The van der Waals surface area contributed by atoms with Crippen molar-refractivity contribution in [3.8, 4) is 0 Å². The number of fused-ring (bicyclic) bond motifs is 1. The van der Waals surface area contributed by atoms with E-state index in [9.17, 15) is 27.6 Å². The van der Waals surface area contributed by atoms with Crippen LogP contribution in [-0.2, 0) is 15.8 Å². The minimum atomic E-state index is -4.71. The number of aromatic amines is 1. The van der Waals surface area contributed by atoms with Crippen molar-refractivity contribution in [2.45, 2.75) is 38.8 Å². The van der Waals surface area contributed by atoms with Crippen molar-refractivity contribution in [2.75, 3.05) is 28.6 Å². The van der Waals surface area contributed by atoms with E-state index in [1.54, 1.807) is 0 Å². The molecular formula is C22H23ClF3N5O3. The molecule has 0 unspecified atom stereocenters. The van der Waals surface area contributed by atoms with Gasteiger partial charge in [0.15, 0.2) is 0 Å². The van der Waals surface area contributed by atoms with Gasteiger partial charge in [0.1, 0.15) is 5.82 Å². The van der Waals surface area contributed by atoms with Gasteiger partial charge in [0, 0.05) is 25.2 Å². The number of halogens is 4. The molecule has 2 aliphatic rings. The zero-order chi connectivity index (χ0) is 24.8. The first-order valence-corrected chi connectivity index (χ1v) is 11.2. The highest BCUT2D eigenvalue weighted by Crippen LogP contribution is 2.37. The number of hydrogen-bond acceptors (Lipinski definition) is 5. The monoisotopic (exact) mass is 497 g/mol. The molecule has 0 bridgehead atoms. The van der Waals surface area contributed by atoms with Crippen LogP contribution in [0.25, 0.3) is 0 Å². The summed E-state index contributed by atoms with van der Waals surface area (Å²) in [4.78, 5) is 47.3. The second-order valence-corrected chi connectivity index (χ2v) is 9.40.